The summed E-state index contributed by atoms with van der Waals surface area (Å²) >= 11 is 0. The van der Waals surface area contributed by atoms with E-state index in [0.717, 1.165) is 25.7 Å². The van der Waals surface area contributed by atoms with Crippen LogP contribution in [0.15, 0.2) is 86.0 Å². The van der Waals surface area contributed by atoms with Crippen LogP contribution in [0, 0.1) is 35.0 Å². The number of aliphatic hydroxyl groups excluding tert-OH is 1. The van der Waals surface area contributed by atoms with Crippen molar-refractivity contribution in [3.63, 3.8) is 0 Å². The number of carbonyl (C=O) groups is 2. The molecular formula is C49H59N12O7P. The van der Waals surface area contributed by atoms with Crippen LogP contribution in [0.4, 0.5) is 11.6 Å². The molecular weight excluding hydrogens is 900 g/mol. The highest BCUT2D eigenvalue weighted by molar-refractivity contribution is 7.44. The lowest BCUT2D eigenvalue weighted by atomic mass is 9.95. The molecule has 4 aromatic heterocycles. The number of hydrogen-bond donors (Lipinski definition) is 3. The SMILES string of the molecule is CC(C)N(C(C)C)P(OCCC#N)O[C@@H]1C[C@@H](C)[C@@H]2C[C@@H](n3cnc4c(NC(=O)c5ccccc5)ncnc43)O[C@@H]21.C[C@@H]1C[C@@H](O)[C@H]2O[C@H](n3cnc4c(NC(=O)c5ccccc5)ncnc43)C[C@H]21. The van der Waals surface area contributed by atoms with E-state index < -0.39 is 14.6 Å². The van der Waals surface area contributed by atoms with Gasteiger partial charge in [-0.25, -0.2) is 34.6 Å². The van der Waals surface area contributed by atoms with Crippen molar-refractivity contribution < 1.29 is 33.2 Å². The van der Waals surface area contributed by atoms with Gasteiger partial charge in [-0.2, -0.15) is 5.26 Å². The molecule has 0 bridgehead atoms. The van der Waals surface area contributed by atoms with Crippen molar-refractivity contribution in [1.29, 1.82) is 5.26 Å². The van der Waals surface area contributed by atoms with Gasteiger partial charge in [0.25, 0.3) is 20.3 Å². The van der Waals surface area contributed by atoms with Crippen molar-refractivity contribution in [2.45, 2.75) is 123 Å². The van der Waals surface area contributed by atoms with Gasteiger partial charge >= 0.3 is 0 Å². The number of nitrogens with one attached hydrogen (secondary N) is 2. The van der Waals surface area contributed by atoms with Crippen molar-refractivity contribution in [3.8, 4) is 6.07 Å². The summed E-state index contributed by atoms with van der Waals surface area (Å²) in [5, 5.41) is 25.0. The second-order valence-corrected chi connectivity index (χ2v) is 20.2. The Hall–Kier alpha value is -5.84. The number of amides is 2. The fourth-order valence-corrected chi connectivity index (χ4v) is 12.1. The minimum absolute atomic E-state index is 0.0997. The van der Waals surface area contributed by atoms with Gasteiger partial charge in [0, 0.05) is 23.2 Å². The van der Waals surface area contributed by atoms with Gasteiger partial charge in [0.05, 0.1) is 56.2 Å². The average Bonchev–Trinajstić information content (AvgIpc) is 4.21. The Bertz CT molecular complexity index is 2750. The summed E-state index contributed by atoms with van der Waals surface area (Å²) in [5.41, 5.74) is 3.31. The molecule has 4 fully saturated rings. The van der Waals surface area contributed by atoms with E-state index >= 15 is 0 Å². The van der Waals surface area contributed by atoms with Crippen molar-refractivity contribution >= 4 is 54.3 Å². The maximum absolute atomic E-state index is 12.8. The second kappa shape index (κ2) is 21.0. The minimum Gasteiger partial charge on any atom is -0.390 e. The van der Waals surface area contributed by atoms with Crippen LogP contribution < -0.4 is 10.6 Å². The molecule has 20 heteroatoms. The van der Waals surface area contributed by atoms with Crippen LogP contribution in [0.1, 0.15) is 107 Å². The van der Waals surface area contributed by atoms with Crippen molar-refractivity contribution in [2.24, 2.45) is 23.7 Å². The third kappa shape index (κ3) is 10.1. The fraction of sp³-hybridized carbons (Fsp3) is 0.490. The summed E-state index contributed by atoms with van der Waals surface area (Å²) in [6.07, 6.45) is 8.53. The molecule has 3 N–H and O–H groups in total. The molecule has 2 saturated heterocycles. The van der Waals surface area contributed by atoms with Gasteiger partial charge in [-0.05, 0) is 101 Å². The van der Waals surface area contributed by atoms with Crippen LogP contribution in [0.25, 0.3) is 22.3 Å². The first-order valence-electron chi connectivity index (χ1n) is 23.7. The zero-order chi connectivity index (χ0) is 48.3. The van der Waals surface area contributed by atoms with E-state index in [-0.39, 0.29) is 54.7 Å². The molecule has 4 aliphatic rings. The third-order valence-corrected chi connectivity index (χ3v) is 15.8. The van der Waals surface area contributed by atoms with E-state index in [1.807, 2.05) is 45.5 Å². The Morgan fingerprint density at radius 2 is 1.25 bits per heavy atom. The Labute approximate surface area is 402 Å². The number of hydrogen-bond acceptors (Lipinski definition) is 15. The van der Waals surface area contributed by atoms with Gasteiger partial charge in [0.15, 0.2) is 34.0 Å². The minimum atomic E-state index is -1.37. The highest BCUT2D eigenvalue weighted by Crippen LogP contribution is 2.55. The summed E-state index contributed by atoms with van der Waals surface area (Å²) in [6.45, 7) is 13.3. The lowest BCUT2D eigenvalue weighted by Crippen LogP contribution is -2.36. The number of aromatic nitrogens is 8. The number of aliphatic hydroxyl groups is 1. The van der Waals surface area contributed by atoms with Gasteiger partial charge < -0.3 is 34.3 Å². The van der Waals surface area contributed by atoms with Crippen LogP contribution in [-0.4, -0.2) is 104 Å². The second-order valence-electron chi connectivity index (χ2n) is 18.8. The Balaban J connectivity index is 0.000000184. The summed E-state index contributed by atoms with van der Waals surface area (Å²) in [7, 11) is -1.37. The number of rotatable bonds is 14. The number of imidazole rings is 2. The zero-order valence-corrected chi connectivity index (χ0v) is 40.5. The third-order valence-electron chi connectivity index (χ3n) is 13.6. The molecule has 69 heavy (non-hydrogen) atoms. The Kier molecular flexibility index (Phi) is 14.7. The number of nitriles is 1. The molecule has 2 amide bonds. The van der Waals surface area contributed by atoms with Gasteiger partial charge in [0.1, 0.15) is 25.1 Å². The standard InChI is InChI=1S/C29H38N7O4P.C20H21N5O3/c1-18(2)36(19(3)4)41(38-13-9-12-30)40-23-14-20(5)22-15-24(39-26(22)23)35-17-33-25-27(31-16-32-28(25)35)34-29(37)21-10-7-6-8-11-21;1-11-7-14(26)17-13(11)8-15(28-17)25-10-23-16-18(21-9-22-19(16)25)24-20(27)12-5-3-2-4-6-12/h6-8,10-11,16-20,22-24,26H,9,13-15H2,1-5H3,(H,31,32,34,37);2-6,9-11,13-15,17,26H,7-8H2,1H3,(H,21,22,24,27)/t20-,22+,23-,24+,26+,41?;11-,13+,14-,15+,17+/m11/s1. The van der Waals surface area contributed by atoms with Crippen LogP contribution >= 0.6 is 8.53 Å². The monoisotopic (exact) mass is 958 g/mol. The highest BCUT2D eigenvalue weighted by atomic mass is 31.2. The number of carbonyl (C=O) groups excluding carboxylic acids is 2. The maximum atomic E-state index is 12.8. The molecule has 11 atom stereocenters. The van der Waals surface area contributed by atoms with Gasteiger partial charge in [0.2, 0.25) is 0 Å². The van der Waals surface area contributed by atoms with Gasteiger partial charge in [-0.15, -0.1) is 0 Å². The van der Waals surface area contributed by atoms with Crippen molar-refractivity contribution in [2.75, 3.05) is 17.2 Å². The normalized spacial score (nSPS) is 26.5. The first-order valence-corrected chi connectivity index (χ1v) is 24.8. The van der Waals surface area contributed by atoms with Crippen LogP contribution in [-0.2, 0) is 18.5 Å². The van der Waals surface area contributed by atoms with E-state index in [9.17, 15) is 14.7 Å². The van der Waals surface area contributed by atoms with E-state index in [2.05, 4.69) is 92.8 Å². The van der Waals surface area contributed by atoms with Crippen LogP contribution in [0.5, 0.6) is 0 Å². The quantitative estimate of drug-likeness (QED) is 0.0692. The van der Waals surface area contributed by atoms with E-state index in [0.29, 0.717) is 81.8 Å². The van der Waals surface area contributed by atoms with E-state index in [1.165, 1.54) is 12.7 Å². The summed E-state index contributed by atoms with van der Waals surface area (Å²) in [4.78, 5) is 51.5. The molecule has 19 nitrogen and oxygen atoms in total. The predicted octanol–water partition coefficient (Wildman–Crippen LogP) is 8.07. The smallest absolute Gasteiger partial charge is 0.259 e. The molecule has 0 spiro atoms. The number of benzene rings is 2. The van der Waals surface area contributed by atoms with Gasteiger partial charge in [-0.3, -0.25) is 18.7 Å². The van der Waals surface area contributed by atoms with E-state index in [1.54, 1.807) is 36.9 Å². The van der Waals surface area contributed by atoms with E-state index in [4.69, 9.17) is 23.8 Å². The number of fused-ring (bicyclic) bond motifs is 4. The molecule has 0 radical (unpaired) electrons. The van der Waals surface area contributed by atoms with Crippen LogP contribution in [0.2, 0.25) is 0 Å². The maximum Gasteiger partial charge on any atom is 0.259 e. The molecule has 2 aliphatic carbocycles. The Morgan fingerprint density at radius 1 is 0.754 bits per heavy atom. The topological polar surface area (TPSA) is 230 Å². The molecule has 2 aromatic carbocycles. The summed E-state index contributed by atoms with van der Waals surface area (Å²) in [6, 6.07) is 20.6. The summed E-state index contributed by atoms with van der Waals surface area (Å²) < 4.78 is 31.7. The molecule has 6 heterocycles. The number of nitrogens with zero attached hydrogens (tertiary/aromatic N) is 10. The molecule has 2 aliphatic heterocycles. The Morgan fingerprint density at radius 3 is 1.74 bits per heavy atom. The fourth-order valence-electron chi connectivity index (χ4n) is 10.3. The van der Waals surface area contributed by atoms with Gasteiger partial charge in [-0.1, -0.05) is 50.2 Å². The van der Waals surface area contributed by atoms with Crippen molar-refractivity contribution in [3.05, 3.63) is 97.1 Å². The molecule has 6 aromatic rings. The largest absolute Gasteiger partial charge is 0.390 e. The first kappa shape index (κ1) is 48.2. The lowest BCUT2D eigenvalue weighted by Gasteiger charge is -2.37. The lowest BCUT2D eigenvalue weighted by molar-refractivity contribution is -0.0525. The summed E-state index contributed by atoms with van der Waals surface area (Å²) in [5.74, 6) is 1.69. The zero-order valence-electron chi connectivity index (χ0n) is 39.6. The predicted molar refractivity (Wildman–Crippen MR) is 257 cm³/mol. The average molecular weight is 959 g/mol. The molecule has 2 saturated carbocycles. The first-order chi connectivity index (χ1) is 33.4. The highest BCUT2D eigenvalue weighted by Gasteiger charge is 2.52. The van der Waals surface area contributed by atoms with Crippen molar-refractivity contribution in [1.82, 2.24) is 43.7 Å². The number of anilines is 2. The number of ether oxygens (including phenoxy) is 2. The molecule has 1 unspecified atom stereocenters. The van der Waals surface area contributed by atoms with Crippen LogP contribution in [0.3, 0.4) is 0 Å². The molecule has 10 rings (SSSR count). The molecule has 362 valence electrons.